The molecule has 7 nitrogen and oxygen atoms in total. The number of hydrogen-bond acceptors (Lipinski definition) is 6. The third-order valence-corrected chi connectivity index (χ3v) is 5.02. The van der Waals surface area contributed by atoms with Crippen LogP contribution in [0, 0.1) is 5.82 Å². The number of rotatable bonds is 5. The van der Waals surface area contributed by atoms with Gasteiger partial charge in [-0.15, -0.1) is 0 Å². The highest BCUT2D eigenvalue weighted by Crippen LogP contribution is 2.41. The van der Waals surface area contributed by atoms with Crippen molar-refractivity contribution in [1.82, 2.24) is 14.9 Å². The van der Waals surface area contributed by atoms with E-state index < -0.39 is 29.3 Å². The Hall–Kier alpha value is -4.07. The second kappa shape index (κ2) is 8.35. The third-order valence-electron chi connectivity index (χ3n) is 5.02. The van der Waals surface area contributed by atoms with E-state index >= 15 is 0 Å². The van der Waals surface area contributed by atoms with Gasteiger partial charge in [0.05, 0.1) is 36.5 Å². The van der Waals surface area contributed by atoms with E-state index in [1.165, 1.54) is 30.3 Å². The molecule has 1 aliphatic rings. The Kier molecular flexibility index (Phi) is 5.44. The summed E-state index contributed by atoms with van der Waals surface area (Å²) in [6, 6.07) is 11.3. The molecular weight excluding hydrogens is 401 g/mol. The predicted octanol–water partition coefficient (Wildman–Crippen LogP) is 3.25. The summed E-state index contributed by atoms with van der Waals surface area (Å²) >= 11 is 0. The molecule has 0 aliphatic carbocycles. The number of likely N-dealkylation sites (tertiary alicyclic amines) is 1. The minimum atomic E-state index is -0.927. The molecule has 1 saturated heterocycles. The normalized spacial score (nSPS) is 17.7. The van der Waals surface area contributed by atoms with Crippen LogP contribution in [0.4, 0.5) is 4.39 Å². The summed E-state index contributed by atoms with van der Waals surface area (Å²) in [6.45, 7) is 0.0437. The van der Waals surface area contributed by atoms with Gasteiger partial charge in [-0.25, -0.2) is 4.39 Å². The monoisotopic (exact) mass is 419 g/mol. The highest BCUT2D eigenvalue weighted by Gasteiger charge is 2.46. The Morgan fingerprint density at radius 3 is 2.68 bits per heavy atom. The number of pyridine rings is 2. The molecule has 1 aromatic carbocycles. The number of methoxy groups -OCH3 is 1. The van der Waals surface area contributed by atoms with E-state index in [1.807, 2.05) is 0 Å². The highest BCUT2D eigenvalue weighted by molar-refractivity contribution is 6.46. The Morgan fingerprint density at radius 2 is 2.00 bits per heavy atom. The largest absolute Gasteiger partial charge is 0.507 e. The molecule has 3 heterocycles. The van der Waals surface area contributed by atoms with Gasteiger partial charge in [0, 0.05) is 18.6 Å². The second-order valence-electron chi connectivity index (χ2n) is 6.88. The number of amides is 1. The lowest BCUT2D eigenvalue weighted by Crippen LogP contribution is -2.29. The summed E-state index contributed by atoms with van der Waals surface area (Å²) < 4.78 is 19.1. The molecule has 4 rings (SSSR count). The van der Waals surface area contributed by atoms with Crippen molar-refractivity contribution in [3.05, 3.63) is 95.3 Å². The lowest BCUT2D eigenvalue weighted by Gasteiger charge is -2.24. The number of carbonyl (C=O) groups is 2. The number of aliphatic hydroxyl groups is 1. The van der Waals surface area contributed by atoms with Crippen molar-refractivity contribution in [2.45, 2.75) is 12.6 Å². The molecule has 8 heteroatoms. The number of aromatic nitrogens is 2. The fourth-order valence-corrected chi connectivity index (χ4v) is 3.60. The van der Waals surface area contributed by atoms with Gasteiger partial charge in [-0.05, 0) is 42.0 Å². The molecule has 31 heavy (non-hydrogen) atoms. The Balaban J connectivity index is 1.90. The van der Waals surface area contributed by atoms with E-state index in [2.05, 4.69) is 9.97 Å². The van der Waals surface area contributed by atoms with Gasteiger partial charge >= 0.3 is 0 Å². The lowest BCUT2D eigenvalue weighted by molar-refractivity contribution is -0.140. The first-order valence-corrected chi connectivity index (χ1v) is 9.43. The van der Waals surface area contributed by atoms with Crippen LogP contribution >= 0.6 is 0 Å². The predicted molar refractivity (Wildman–Crippen MR) is 109 cm³/mol. The van der Waals surface area contributed by atoms with Crippen LogP contribution in [0.3, 0.4) is 0 Å². The number of Topliss-reactive ketones (excluding diaryl/α,β-unsaturated/α-hetero) is 1. The minimum Gasteiger partial charge on any atom is -0.507 e. The first kappa shape index (κ1) is 20.2. The molecule has 1 N–H and O–H groups in total. The topological polar surface area (TPSA) is 92.6 Å². The van der Waals surface area contributed by atoms with Crippen LogP contribution in [0.1, 0.15) is 22.9 Å². The SMILES string of the molecule is COc1ccc(F)cc1/C(O)=C1\C(=O)C(=O)N(Cc2ccccn2)C1c1cccnc1. The average molecular weight is 419 g/mol. The number of ether oxygens (including phenoxy) is 1. The Labute approximate surface area is 177 Å². The van der Waals surface area contributed by atoms with Crippen LogP contribution in [0.5, 0.6) is 5.75 Å². The molecule has 1 unspecified atom stereocenters. The van der Waals surface area contributed by atoms with E-state index in [0.717, 1.165) is 6.07 Å². The molecule has 156 valence electrons. The van der Waals surface area contributed by atoms with Crippen molar-refractivity contribution in [2.75, 3.05) is 7.11 Å². The van der Waals surface area contributed by atoms with E-state index in [9.17, 15) is 19.1 Å². The number of ketones is 1. The van der Waals surface area contributed by atoms with E-state index in [4.69, 9.17) is 4.74 Å². The fraction of sp³-hybridized carbons (Fsp3) is 0.130. The summed E-state index contributed by atoms with van der Waals surface area (Å²) in [4.78, 5) is 35.6. The van der Waals surface area contributed by atoms with Gasteiger partial charge in [-0.2, -0.15) is 0 Å². The first-order chi connectivity index (χ1) is 15.0. The molecule has 2 aromatic heterocycles. The Morgan fingerprint density at radius 1 is 1.16 bits per heavy atom. The molecule has 3 aromatic rings. The zero-order chi connectivity index (χ0) is 22.0. The van der Waals surface area contributed by atoms with Crippen molar-refractivity contribution >= 4 is 17.4 Å². The van der Waals surface area contributed by atoms with Crippen molar-refractivity contribution in [3.8, 4) is 5.75 Å². The summed E-state index contributed by atoms with van der Waals surface area (Å²) in [7, 11) is 1.36. The van der Waals surface area contributed by atoms with Gasteiger partial charge < -0.3 is 14.7 Å². The van der Waals surface area contributed by atoms with Crippen molar-refractivity contribution < 1.29 is 23.8 Å². The summed E-state index contributed by atoms with van der Waals surface area (Å²) in [5.74, 6) is -2.65. The number of hydrogen-bond donors (Lipinski definition) is 1. The van der Waals surface area contributed by atoms with Gasteiger partial charge in [0.15, 0.2) is 0 Å². The van der Waals surface area contributed by atoms with Gasteiger partial charge in [0.1, 0.15) is 17.3 Å². The van der Waals surface area contributed by atoms with Gasteiger partial charge in [-0.3, -0.25) is 19.6 Å². The number of carbonyl (C=O) groups excluding carboxylic acids is 2. The molecule has 1 aliphatic heterocycles. The minimum absolute atomic E-state index is 0.0211. The molecule has 1 atom stereocenters. The van der Waals surface area contributed by atoms with E-state index in [1.54, 1.807) is 42.7 Å². The van der Waals surface area contributed by atoms with Crippen LogP contribution < -0.4 is 4.74 Å². The fourth-order valence-electron chi connectivity index (χ4n) is 3.60. The summed E-state index contributed by atoms with van der Waals surface area (Å²) in [5.41, 5.74) is 0.904. The zero-order valence-corrected chi connectivity index (χ0v) is 16.5. The number of halogens is 1. The van der Waals surface area contributed by atoms with Crippen LogP contribution in [-0.4, -0.2) is 38.8 Å². The maximum absolute atomic E-state index is 13.9. The first-order valence-electron chi connectivity index (χ1n) is 9.43. The van der Waals surface area contributed by atoms with Crippen molar-refractivity contribution in [1.29, 1.82) is 0 Å². The van der Waals surface area contributed by atoms with Gasteiger partial charge in [-0.1, -0.05) is 12.1 Å². The summed E-state index contributed by atoms with van der Waals surface area (Å²) in [6.07, 6.45) is 4.66. The second-order valence-corrected chi connectivity index (χ2v) is 6.88. The van der Waals surface area contributed by atoms with Crippen LogP contribution in [0.2, 0.25) is 0 Å². The molecule has 1 fully saturated rings. The zero-order valence-electron chi connectivity index (χ0n) is 16.5. The maximum atomic E-state index is 13.9. The molecule has 0 saturated carbocycles. The average Bonchev–Trinajstić information content (AvgIpc) is 3.04. The Bertz CT molecular complexity index is 1170. The number of nitrogens with zero attached hydrogens (tertiary/aromatic N) is 3. The standard InChI is InChI=1S/C23H18FN3O4/c1-31-18-8-7-15(24)11-17(18)21(28)19-20(14-5-4-9-25-12-14)27(23(30)22(19)29)13-16-6-2-3-10-26-16/h2-12,20,28H,13H2,1H3/b21-19+. The molecule has 0 spiro atoms. The van der Waals surface area contributed by atoms with Crippen LogP contribution in [0.25, 0.3) is 5.76 Å². The van der Waals surface area contributed by atoms with E-state index in [0.29, 0.717) is 11.3 Å². The smallest absolute Gasteiger partial charge is 0.296 e. The third kappa shape index (κ3) is 3.75. The van der Waals surface area contributed by atoms with Gasteiger partial charge in [0.2, 0.25) is 0 Å². The van der Waals surface area contributed by atoms with Gasteiger partial charge in [0.25, 0.3) is 11.7 Å². The summed E-state index contributed by atoms with van der Waals surface area (Å²) in [5, 5.41) is 11.1. The molecule has 0 bridgehead atoms. The molecule has 0 radical (unpaired) electrons. The number of benzene rings is 1. The molecular formula is C23H18FN3O4. The van der Waals surface area contributed by atoms with E-state index in [-0.39, 0.29) is 23.4 Å². The van der Waals surface area contributed by atoms with Crippen LogP contribution in [0.15, 0.2) is 72.7 Å². The van der Waals surface area contributed by atoms with Crippen molar-refractivity contribution in [2.24, 2.45) is 0 Å². The van der Waals surface area contributed by atoms with Crippen LogP contribution in [-0.2, 0) is 16.1 Å². The quantitative estimate of drug-likeness (QED) is 0.388. The number of aliphatic hydroxyl groups excluding tert-OH is 1. The highest BCUT2D eigenvalue weighted by atomic mass is 19.1. The van der Waals surface area contributed by atoms with Crippen molar-refractivity contribution in [3.63, 3.8) is 0 Å². The molecule has 1 amide bonds. The maximum Gasteiger partial charge on any atom is 0.296 e. The lowest BCUT2D eigenvalue weighted by atomic mass is 9.96.